The van der Waals surface area contributed by atoms with E-state index in [4.69, 9.17) is 4.74 Å². The van der Waals surface area contributed by atoms with E-state index in [0.29, 0.717) is 11.4 Å². The second kappa shape index (κ2) is 10.3. The van der Waals surface area contributed by atoms with Crippen LogP contribution in [0.1, 0.15) is 42.5 Å². The zero-order chi connectivity index (χ0) is 24.1. The van der Waals surface area contributed by atoms with Crippen LogP contribution in [-0.4, -0.2) is 28.0 Å². The van der Waals surface area contributed by atoms with Crippen molar-refractivity contribution in [3.8, 4) is 5.75 Å². The molecule has 4 rings (SSSR count). The van der Waals surface area contributed by atoms with Gasteiger partial charge in [0.25, 0.3) is 10.0 Å². The highest BCUT2D eigenvalue weighted by atomic mass is 32.2. The Morgan fingerprint density at radius 2 is 1.65 bits per heavy atom. The van der Waals surface area contributed by atoms with Crippen LogP contribution in [0.25, 0.3) is 0 Å². The fourth-order valence-electron chi connectivity index (χ4n) is 4.38. The number of amides is 1. The molecule has 0 bridgehead atoms. The fourth-order valence-corrected chi connectivity index (χ4v) is 5.83. The van der Waals surface area contributed by atoms with Crippen molar-refractivity contribution in [3.05, 3.63) is 89.5 Å². The molecule has 0 saturated carbocycles. The summed E-state index contributed by atoms with van der Waals surface area (Å²) in [6, 6.07) is 21.0. The van der Waals surface area contributed by atoms with Crippen molar-refractivity contribution in [1.29, 1.82) is 0 Å². The predicted molar refractivity (Wildman–Crippen MR) is 134 cm³/mol. The summed E-state index contributed by atoms with van der Waals surface area (Å²) in [6.07, 6.45) is 4.55. The van der Waals surface area contributed by atoms with E-state index in [9.17, 15) is 13.2 Å². The van der Waals surface area contributed by atoms with Crippen LogP contribution in [0, 0.1) is 0 Å². The van der Waals surface area contributed by atoms with Crippen LogP contribution in [-0.2, 0) is 27.7 Å². The molecule has 1 aliphatic carbocycles. The first-order valence-corrected chi connectivity index (χ1v) is 13.0. The largest absolute Gasteiger partial charge is 0.495 e. The van der Waals surface area contributed by atoms with Crippen LogP contribution >= 0.6 is 0 Å². The second-order valence-corrected chi connectivity index (χ2v) is 10.4. The van der Waals surface area contributed by atoms with Crippen molar-refractivity contribution in [2.75, 3.05) is 18.0 Å². The zero-order valence-electron chi connectivity index (χ0n) is 19.5. The highest BCUT2D eigenvalue weighted by Gasteiger charge is 2.29. The number of hydrogen-bond acceptors (Lipinski definition) is 4. The fraction of sp³-hybridized carbons (Fsp3) is 0.296. The van der Waals surface area contributed by atoms with Crippen LogP contribution in [0.4, 0.5) is 5.69 Å². The second-order valence-electron chi connectivity index (χ2n) is 8.52. The molecule has 3 aromatic carbocycles. The SMILES string of the molecule is COc1ccccc1N(CC(=O)N[C@@H](C)c1ccc2c(c1)CCCC2)S(=O)(=O)c1ccccc1. The average Bonchev–Trinajstić information content (AvgIpc) is 2.87. The van der Waals surface area contributed by atoms with Crippen molar-refractivity contribution in [2.24, 2.45) is 0 Å². The third kappa shape index (κ3) is 5.09. The third-order valence-electron chi connectivity index (χ3n) is 6.22. The molecule has 6 nitrogen and oxygen atoms in total. The van der Waals surface area contributed by atoms with E-state index in [2.05, 4.69) is 17.4 Å². The predicted octanol–water partition coefficient (Wildman–Crippen LogP) is 4.65. The molecule has 1 atom stereocenters. The van der Waals surface area contributed by atoms with Gasteiger partial charge < -0.3 is 10.1 Å². The maximum Gasteiger partial charge on any atom is 0.264 e. The lowest BCUT2D eigenvalue weighted by molar-refractivity contribution is -0.120. The van der Waals surface area contributed by atoms with E-state index >= 15 is 0 Å². The summed E-state index contributed by atoms with van der Waals surface area (Å²) >= 11 is 0. The van der Waals surface area contributed by atoms with Gasteiger partial charge in [-0.05, 0) is 73.6 Å². The molecule has 34 heavy (non-hydrogen) atoms. The monoisotopic (exact) mass is 478 g/mol. The molecule has 178 valence electrons. The zero-order valence-corrected chi connectivity index (χ0v) is 20.3. The number of para-hydroxylation sites is 2. The quantitative estimate of drug-likeness (QED) is 0.512. The maximum absolute atomic E-state index is 13.5. The van der Waals surface area contributed by atoms with Gasteiger partial charge in [-0.3, -0.25) is 9.10 Å². The number of hydrogen-bond donors (Lipinski definition) is 1. The average molecular weight is 479 g/mol. The van der Waals surface area contributed by atoms with Crippen molar-refractivity contribution in [3.63, 3.8) is 0 Å². The van der Waals surface area contributed by atoms with Crippen molar-refractivity contribution in [1.82, 2.24) is 5.32 Å². The summed E-state index contributed by atoms with van der Waals surface area (Å²) in [7, 11) is -2.53. The van der Waals surface area contributed by atoms with Gasteiger partial charge in [-0.2, -0.15) is 0 Å². The molecule has 0 fully saturated rings. The van der Waals surface area contributed by atoms with Gasteiger partial charge in [0.05, 0.1) is 23.7 Å². The van der Waals surface area contributed by atoms with E-state index in [1.165, 1.54) is 43.2 Å². The summed E-state index contributed by atoms with van der Waals surface area (Å²) in [5.41, 5.74) is 4.05. The first-order valence-electron chi connectivity index (χ1n) is 11.5. The number of nitrogens with zero attached hydrogens (tertiary/aromatic N) is 1. The molecule has 0 aliphatic heterocycles. The Morgan fingerprint density at radius 1 is 0.971 bits per heavy atom. The highest BCUT2D eigenvalue weighted by molar-refractivity contribution is 7.92. The van der Waals surface area contributed by atoms with Gasteiger partial charge in [-0.15, -0.1) is 0 Å². The number of sulfonamides is 1. The number of carbonyl (C=O) groups excluding carboxylic acids is 1. The molecule has 7 heteroatoms. The maximum atomic E-state index is 13.5. The Bertz CT molecular complexity index is 1260. The molecule has 1 amide bonds. The van der Waals surface area contributed by atoms with Crippen LogP contribution in [0.5, 0.6) is 5.75 Å². The topological polar surface area (TPSA) is 75.7 Å². The number of benzene rings is 3. The van der Waals surface area contributed by atoms with Gasteiger partial charge in [0.1, 0.15) is 12.3 Å². The Labute approximate surface area is 201 Å². The van der Waals surface area contributed by atoms with Gasteiger partial charge in [-0.25, -0.2) is 8.42 Å². The molecule has 0 heterocycles. The van der Waals surface area contributed by atoms with Crippen LogP contribution in [0.2, 0.25) is 0 Å². The van der Waals surface area contributed by atoms with E-state index in [-0.39, 0.29) is 17.5 Å². The van der Waals surface area contributed by atoms with E-state index < -0.39 is 15.9 Å². The highest BCUT2D eigenvalue weighted by Crippen LogP contribution is 2.32. The number of aryl methyl sites for hydroxylation is 2. The Kier molecular flexibility index (Phi) is 7.22. The van der Waals surface area contributed by atoms with E-state index in [0.717, 1.165) is 22.7 Å². The summed E-state index contributed by atoms with van der Waals surface area (Å²) in [5.74, 6) is -0.0202. The number of methoxy groups -OCH3 is 1. The van der Waals surface area contributed by atoms with Gasteiger partial charge in [0.15, 0.2) is 0 Å². The van der Waals surface area contributed by atoms with Crippen LogP contribution in [0.3, 0.4) is 0 Å². The molecule has 1 aliphatic rings. The normalized spacial score (nSPS) is 14.1. The summed E-state index contributed by atoms with van der Waals surface area (Å²) in [4.78, 5) is 13.2. The first kappa shape index (κ1) is 23.8. The number of fused-ring (bicyclic) bond motifs is 1. The minimum atomic E-state index is -4.00. The molecule has 1 N–H and O–H groups in total. The Hall–Kier alpha value is -3.32. The Balaban J connectivity index is 1.59. The van der Waals surface area contributed by atoms with Crippen molar-refractivity contribution >= 4 is 21.6 Å². The van der Waals surface area contributed by atoms with Gasteiger partial charge in [-0.1, -0.05) is 48.5 Å². The minimum absolute atomic E-state index is 0.108. The van der Waals surface area contributed by atoms with Crippen LogP contribution in [0.15, 0.2) is 77.7 Å². The number of anilines is 1. The molecule has 0 unspecified atom stereocenters. The smallest absolute Gasteiger partial charge is 0.264 e. The van der Waals surface area contributed by atoms with Crippen molar-refractivity contribution < 1.29 is 17.9 Å². The van der Waals surface area contributed by atoms with E-state index in [1.54, 1.807) is 42.5 Å². The third-order valence-corrected chi connectivity index (χ3v) is 8.00. The number of carbonyl (C=O) groups is 1. The lowest BCUT2D eigenvalue weighted by Gasteiger charge is -2.26. The molecule has 0 radical (unpaired) electrons. The minimum Gasteiger partial charge on any atom is -0.495 e. The molecule has 0 saturated heterocycles. The summed E-state index contributed by atoms with van der Waals surface area (Å²) in [6.45, 7) is 1.55. The number of nitrogens with one attached hydrogen (secondary N) is 1. The lowest BCUT2D eigenvalue weighted by Crippen LogP contribution is -2.41. The summed E-state index contributed by atoms with van der Waals surface area (Å²) in [5, 5.41) is 2.98. The number of ether oxygens (including phenoxy) is 1. The molecular weight excluding hydrogens is 448 g/mol. The van der Waals surface area contributed by atoms with Gasteiger partial charge >= 0.3 is 0 Å². The lowest BCUT2D eigenvalue weighted by atomic mass is 9.89. The van der Waals surface area contributed by atoms with E-state index in [1.807, 2.05) is 13.0 Å². The number of rotatable bonds is 8. The standard InChI is InChI=1S/C27H30N2O4S/c1-20(22-17-16-21-10-6-7-11-23(21)18-22)28-27(30)19-29(25-14-8-9-15-26(25)33-2)34(31,32)24-12-4-3-5-13-24/h3-5,8-9,12-18,20H,6-7,10-11,19H2,1-2H3,(H,28,30)/t20-/m0/s1. The Morgan fingerprint density at radius 3 is 2.38 bits per heavy atom. The molecule has 0 aromatic heterocycles. The molecular formula is C27H30N2O4S. The molecule has 3 aromatic rings. The molecule has 0 spiro atoms. The summed E-state index contributed by atoms with van der Waals surface area (Å²) < 4.78 is 33.6. The first-order chi connectivity index (χ1) is 16.4. The van der Waals surface area contributed by atoms with Crippen LogP contribution < -0.4 is 14.4 Å². The van der Waals surface area contributed by atoms with Crippen molar-refractivity contribution in [2.45, 2.75) is 43.5 Å². The van der Waals surface area contributed by atoms with Gasteiger partial charge in [0, 0.05) is 0 Å². The van der Waals surface area contributed by atoms with Gasteiger partial charge in [0.2, 0.25) is 5.91 Å².